The van der Waals surface area contributed by atoms with Gasteiger partial charge in [0.05, 0.1) is 29.5 Å². The molecule has 1 heterocycles. The van der Waals surface area contributed by atoms with Gasteiger partial charge in [-0.05, 0) is 24.6 Å². The summed E-state index contributed by atoms with van der Waals surface area (Å²) < 4.78 is 56.3. The number of amides is 1. The molecule has 2 rings (SSSR count). The van der Waals surface area contributed by atoms with Crippen molar-refractivity contribution < 1.29 is 31.5 Å². The van der Waals surface area contributed by atoms with Crippen LogP contribution in [0.5, 0.6) is 0 Å². The molecule has 1 amide bonds. The number of nitrogens with one attached hydrogen (secondary N) is 2. The molecule has 0 bridgehead atoms. The number of methoxy groups -OCH3 is 1. The Morgan fingerprint density at radius 2 is 1.89 bits per heavy atom. The summed E-state index contributed by atoms with van der Waals surface area (Å²) in [5.74, 6) is -3.79. The number of rotatable bonds is 7. The highest BCUT2D eigenvalue weighted by atomic mass is 32.2. The minimum atomic E-state index is -3.30. The number of carbonyl (C=O) groups excluding carboxylic acids is 2. The van der Waals surface area contributed by atoms with E-state index in [9.17, 15) is 26.8 Å². The van der Waals surface area contributed by atoms with Crippen molar-refractivity contribution in [3.8, 4) is 0 Å². The molecule has 0 aliphatic heterocycles. The lowest BCUT2D eigenvalue weighted by atomic mass is 10.1. The van der Waals surface area contributed by atoms with E-state index >= 15 is 0 Å². The zero-order valence-corrected chi connectivity index (χ0v) is 16.0. The van der Waals surface area contributed by atoms with Crippen LogP contribution in [0.1, 0.15) is 24.9 Å². The summed E-state index contributed by atoms with van der Waals surface area (Å²) >= 11 is 1.10. The Kier molecular flexibility index (Phi) is 6.63. The highest BCUT2D eigenvalue weighted by Crippen LogP contribution is 2.23. The van der Waals surface area contributed by atoms with Crippen LogP contribution in [0.25, 0.3) is 0 Å². The first-order valence-corrected chi connectivity index (χ1v) is 10.2. The standard InChI is InChI=1S/C16H16F2N2O5S2/c1-25-16(22)10-7-13(12(18)8-11(10)17)20-15(21)14-4-3-9(26-14)5-6-19-27(2,23)24/h3-4,7-8,19H,5-6H2,1-2H3,(H,20,21). The quantitative estimate of drug-likeness (QED) is 0.671. The summed E-state index contributed by atoms with van der Waals surface area (Å²) in [6, 6.07) is 4.49. The second-order valence-electron chi connectivity index (χ2n) is 5.44. The van der Waals surface area contributed by atoms with Gasteiger partial charge in [0, 0.05) is 17.5 Å². The van der Waals surface area contributed by atoms with Crippen LogP contribution in [0.4, 0.5) is 14.5 Å². The molecule has 27 heavy (non-hydrogen) atoms. The monoisotopic (exact) mass is 418 g/mol. The van der Waals surface area contributed by atoms with Crippen LogP contribution in [0.3, 0.4) is 0 Å². The summed E-state index contributed by atoms with van der Waals surface area (Å²) in [4.78, 5) is 24.7. The predicted octanol–water partition coefficient (Wildman–Crippen LogP) is 2.16. The molecule has 1 aromatic carbocycles. The molecule has 0 aliphatic rings. The summed E-state index contributed by atoms with van der Waals surface area (Å²) in [5, 5.41) is 2.28. The fraction of sp³-hybridized carbons (Fsp3) is 0.250. The molecular formula is C16H16F2N2O5S2. The van der Waals surface area contributed by atoms with Crippen LogP contribution in [0.2, 0.25) is 0 Å². The number of esters is 1. The zero-order valence-electron chi connectivity index (χ0n) is 14.3. The Balaban J connectivity index is 2.10. The van der Waals surface area contributed by atoms with Gasteiger partial charge in [-0.3, -0.25) is 4.79 Å². The number of hydrogen-bond donors (Lipinski definition) is 2. The van der Waals surface area contributed by atoms with Crippen molar-refractivity contribution >= 4 is 38.9 Å². The van der Waals surface area contributed by atoms with Gasteiger partial charge in [0.2, 0.25) is 10.0 Å². The molecule has 0 aliphatic carbocycles. The van der Waals surface area contributed by atoms with Crippen molar-refractivity contribution in [1.82, 2.24) is 4.72 Å². The largest absolute Gasteiger partial charge is 0.465 e. The number of halogens is 2. The maximum absolute atomic E-state index is 13.9. The molecule has 2 N–H and O–H groups in total. The van der Waals surface area contributed by atoms with E-state index in [1.54, 1.807) is 6.07 Å². The van der Waals surface area contributed by atoms with E-state index in [0.29, 0.717) is 12.5 Å². The zero-order chi connectivity index (χ0) is 20.2. The summed E-state index contributed by atoms with van der Waals surface area (Å²) in [6.07, 6.45) is 1.42. The maximum Gasteiger partial charge on any atom is 0.340 e. The molecule has 0 atom stereocenters. The van der Waals surface area contributed by atoms with Crippen LogP contribution in [-0.4, -0.2) is 40.2 Å². The van der Waals surface area contributed by atoms with Crippen molar-refractivity contribution in [3.63, 3.8) is 0 Å². The number of carbonyl (C=O) groups is 2. The molecule has 7 nitrogen and oxygen atoms in total. The Morgan fingerprint density at radius 1 is 1.19 bits per heavy atom. The third-order valence-corrected chi connectivity index (χ3v) is 5.20. The molecular weight excluding hydrogens is 402 g/mol. The van der Waals surface area contributed by atoms with Crippen molar-refractivity contribution in [2.75, 3.05) is 25.2 Å². The second kappa shape index (κ2) is 8.55. The van der Waals surface area contributed by atoms with Gasteiger partial charge in [-0.25, -0.2) is 26.7 Å². The lowest BCUT2D eigenvalue weighted by Crippen LogP contribution is -2.24. The molecule has 0 unspecified atom stereocenters. The number of thiophene rings is 1. The van der Waals surface area contributed by atoms with E-state index in [1.165, 1.54) is 6.07 Å². The summed E-state index contributed by atoms with van der Waals surface area (Å²) in [5.41, 5.74) is -0.872. The lowest BCUT2D eigenvalue weighted by Gasteiger charge is -2.08. The molecule has 0 saturated heterocycles. The number of anilines is 1. The molecule has 2 aromatic rings. The van der Waals surface area contributed by atoms with Gasteiger partial charge in [0.15, 0.2) is 0 Å². The van der Waals surface area contributed by atoms with Crippen LogP contribution in [0.15, 0.2) is 24.3 Å². The number of sulfonamides is 1. The van der Waals surface area contributed by atoms with Gasteiger partial charge >= 0.3 is 5.97 Å². The van der Waals surface area contributed by atoms with Crippen molar-refractivity contribution in [3.05, 3.63) is 51.2 Å². The Hall–Kier alpha value is -2.37. The van der Waals surface area contributed by atoms with Crippen LogP contribution in [-0.2, 0) is 21.2 Å². The first-order chi connectivity index (χ1) is 12.6. The first-order valence-electron chi connectivity index (χ1n) is 7.53. The van der Waals surface area contributed by atoms with Crippen LogP contribution in [0, 0.1) is 11.6 Å². The minimum absolute atomic E-state index is 0.176. The van der Waals surface area contributed by atoms with Gasteiger partial charge in [0.25, 0.3) is 5.91 Å². The highest BCUT2D eigenvalue weighted by Gasteiger charge is 2.19. The average molecular weight is 418 g/mol. The predicted molar refractivity (Wildman–Crippen MR) is 96.5 cm³/mol. The van der Waals surface area contributed by atoms with E-state index in [-0.39, 0.29) is 17.1 Å². The molecule has 11 heteroatoms. The van der Waals surface area contributed by atoms with Gasteiger partial charge in [-0.1, -0.05) is 0 Å². The Bertz CT molecular complexity index is 973. The SMILES string of the molecule is COC(=O)c1cc(NC(=O)c2ccc(CCNS(C)(=O)=O)s2)c(F)cc1F. The van der Waals surface area contributed by atoms with E-state index < -0.39 is 39.1 Å². The van der Waals surface area contributed by atoms with Crippen molar-refractivity contribution in [2.45, 2.75) is 6.42 Å². The summed E-state index contributed by atoms with van der Waals surface area (Å²) in [6.45, 7) is 0.176. The molecule has 0 radical (unpaired) electrons. The number of ether oxygens (including phenoxy) is 1. The fourth-order valence-electron chi connectivity index (χ4n) is 2.09. The van der Waals surface area contributed by atoms with Gasteiger partial charge in [0.1, 0.15) is 11.6 Å². The first kappa shape index (κ1) is 20.9. The van der Waals surface area contributed by atoms with Crippen molar-refractivity contribution in [2.24, 2.45) is 0 Å². The molecule has 0 fully saturated rings. The van der Waals surface area contributed by atoms with Gasteiger partial charge in [-0.15, -0.1) is 11.3 Å². The lowest BCUT2D eigenvalue weighted by molar-refractivity contribution is 0.0595. The molecule has 1 aromatic heterocycles. The third kappa shape index (κ3) is 5.81. The van der Waals surface area contributed by atoms with E-state index in [2.05, 4.69) is 14.8 Å². The van der Waals surface area contributed by atoms with Gasteiger partial charge < -0.3 is 10.1 Å². The topological polar surface area (TPSA) is 102 Å². The fourth-order valence-corrected chi connectivity index (χ4v) is 3.46. The maximum atomic E-state index is 13.9. The number of benzene rings is 1. The molecule has 146 valence electrons. The third-order valence-electron chi connectivity index (χ3n) is 3.33. The minimum Gasteiger partial charge on any atom is -0.465 e. The Labute approximate surface area is 158 Å². The normalized spacial score (nSPS) is 11.3. The van der Waals surface area contributed by atoms with Crippen LogP contribution < -0.4 is 10.0 Å². The van der Waals surface area contributed by atoms with Crippen LogP contribution >= 0.6 is 11.3 Å². The van der Waals surface area contributed by atoms with Gasteiger partial charge in [-0.2, -0.15) is 0 Å². The summed E-state index contributed by atoms with van der Waals surface area (Å²) in [7, 11) is -2.25. The second-order valence-corrected chi connectivity index (χ2v) is 8.44. The van der Waals surface area contributed by atoms with E-state index in [4.69, 9.17) is 0 Å². The molecule has 0 spiro atoms. The van der Waals surface area contributed by atoms with E-state index in [1.807, 2.05) is 0 Å². The molecule has 0 saturated carbocycles. The smallest absolute Gasteiger partial charge is 0.340 e. The van der Waals surface area contributed by atoms with Crippen molar-refractivity contribution in [1.29, 1.82) is 0 Å². The average Bonchev–Trinajstić information content (AvgIpc) is 3.04. The Morgan fingerprint density at radius 3 is 2.52 bits per heavy atom. The number of hydrogen-bond acceptors (Lipinski definition) is 6. The van der Waals surface area contributed by atoms with E-state index in [0.717, 1.165) is 35.6 Å². The highest BCUT2D eigenvalue weighted by molar-refractivity contribution is 7.88.